The molecule has 1 N–H and O–H groups in total. The summed E-state index contributed by atoms with van der Waals surface area (Å²) in [5, 5.41) is 3.83. The molecule has 0 atom stereocenters. The summed E-state index contributed by atoms with van der Waals surface area (Å²) in [6.07, 6.45) is 3.43. The number of fused-ring (bicyclic) bond motifs is 1. The van der Waals surface area contributed by atoms with Crippen molar-refractivity contribution in [2.45, 2.75) is 6.54 Å². The molecule has 0 saturated carbocycles. The maximum absolute atomic E-state index is 13.0. The van der Waals surface area contributed by atoms with Gasteiger partial charge in [-0.2, -0.15) is 0 Å². The highest BCUT2D eigenvalue weighted by Crippen LogP contribution is 2.24. The topological polar surface area (TPSA) is 64.1 Å². The Labute approximate surface area is 163 Å². The molecule has 4 aromatic rings. The van der Waals surface area contributed by atoms with Gasteiger partial charge in [0.1, 0.15) is 5.75 Å². The van der Waals surface area contributed by atoms with E-state index in [1.54, 1.807) is 19.5 Å². The fourth-order valence-corrected chi connectivity index (χ4v) is 3.09. The molecule has 2 aromatic heterocycles. The Morgan fingerprint density at radius 3 is 2.64 bits per heavy atom. The summed E-state index contributed by atoms with van der Waals surface area (Å²) in [5.74, 6) is 0.623. The van der Waals surface area contributed by atoms with Gasteiger partial charge in [0.25, 0.3) is 5.91 Å². The second kappa shape index (κ2) is 7.88. The number of rotatable bonds is 5. The molecular weight excluding hydrogens is 350 g/mol. The third kappa shape index (κ3) is 3.69. The van der Waals surface area contributed by atoms with Crippen molar-refractivity contribution in [3.63, 3.8) is 0 Å². The number of aromatic nitrogens is 2. The Bertz CT molecular complexity index is 1130. The van der Waals surface area contributed by atoms with Crippen LogP contribution in [0.15, 0.2) is 79.1 Å². The van der Waals surface area contributed by atoms with E-state index in [2.05, 4.69) is 10.3 Å². The zero-order valence-electron chi connectivity index (χ0n) is 15.4. The molecule has 0 aliphatic rings. The van der Waals surface area contributed by atoms with Gasteiger partial charge in [0.05, 0.1) is 23.9 Å². The largest absolute Gasteiger partial charge is 0.497 e. The minimum Gasteiger partial charge on any atom is -0.497 e. The Morgan fingerprint density at radius 2 is 1.82 bits per heavy atom. The molecule has 138 valence electrons. The van der Waals surface area contributed by atoms with Crippen LogP contribution in [0.4, 0.5) is 0 Å². The third-order valence-corrected chi connectivity index (χ3v) is 4.52. The molecule has 4 rings (SSSR count). The van der Waals surface area contributed by atoms with Crippen LogP contribution in [-0.2, 0) is 6.54 Å². The number of amides is 1. The lowest BCUT2D eigenvalue weighted by Gasteiger charge is -2.11. The lowest BCUT2D eigenvalue weighted by Crippen LogP contribution is -2.23. The van der Waals surface area contributed by atoms with E-state index >= 15 is 0 Å². The van der Waals surface area contributed by atoms with Crippen LogP contribution in [-0.4, -0.2) is 23.0 Å². The molecule has 2 heterocycles. The van der Waals surface area contributed by atoms with E-state index in [1.165, 1.54) is 0 Å². The van der Waals surface area contributed by atoms with Crippen molar-refractivity contribution >= 4 is 16.8 Å². The quantitative estimate of drug-likeness (QED) is 0.572. The third-order valence-electron chi connectivity index (χ3n) is 4.52. The number of carbonyl (C=O) groups excluding carboxylic acids is 1. The predicted molar refractivity (Wildman–Crippen MR) is 109 cm³/mol. The van der Waals surface area contributed by atoms with Gasteiger partial charge in [-0.25, -0.2) is 4.98 Å². The van der Waals surface area contributed by atoms with Crippen molar-refractivity contribution < 1.29 is 9.53 Å². The average molecular weight is 369 g/mol. The van der Waals surface area contributed by atoms with Crippen molar-refractivity contribution in [3.8, 4) is 17.0 Å². The SMILES string of the molecule is COc1cccc(CNC(=O)c2cc(-c3ccncc3)nc3ccccc23)c1. The molecule has 0 spiro atoms. The van der Waals surface area contributed by atoms with Gasteiger partial charge >= 0.3 is 0 Å². The maximum atomic E-state index is 13.0. The molecule has 5 nitrogen and oxygen atoms in total. The molecule has 28 heavy (non-hydrogen) atoms. The van der Waals surface area contributed by atoms with Crippen molar-refractivity contribution in [2.75, 3.05) is 7.11 Å². The first-order valence-corrected chi connectivity index (χ1v) is 8.96. The average Bonchev–Trinajstić information content (AvgIpc) is 2.77. The highest BCUT2D eigenvalue weighted by atomic mass is 16.5. The summed E-state index contributed by atoms with van der Waals surface area (Å²) in [7, 11) is 1.63. The van der Waals surface area contributed by atoms with Crippen molar-refractivity contribution in [1.82, 2.24) is 15.3 Å². The minimum atomic E-state index is -0.142. The van der Waals surface area contributed by atoms with Crippen LogP contribution in [0.3, 0.4) is 0 Å². The Hall–Kier alpha value is -3.73. The minimum absolute atomic E-state index is 0.142. The summed E-state index contributed by atoms with van der Waals surface area (Å²) in [6.45, 7) is 0.414. The number of para-hydroxylation sites is 1. The van der Waals surface area contributed by atoms with Gasteiger partial charge in [-0.15, -0.1) is 0 Å². The van der Waals surface area contributed by atoms with Gasteiger partial charge < -0.3 is 10.1 Å². The highest BCUT2D eigenvalue weighted by Gasteiger charge is 2.14. The molecule has 0 aliphatic heterocycles. The van der Waals surface area contributed by atoms with Crippen LogP contribution >= 0.6 is 0 Å². The van der Waals surface area contributed by atoms with E-state index < -0.39 is 0 Å². The van der Waals surface area contributed by atoms with E-state index in [1.807, 2.05) is 66.7 Å². The molecule has 1 amide bonds. The summed E-state index contributed by atoms with van der Waals surface area (Å²) < 4.78 is 5.24. The van der Waals surface area contributed by atoms with Gasteiger partial charge in [0.15, 0.2) is 0 Å². The number of nitrogens with zero attached hydrogens (tertiary/aromatic N) is 2. The first-order valence-electron chi connectivity index (χ1n) is 8.96. The lowest BCUT2D eigenvalue weighted by molar-refractivity contribution is 0.0952. The molecule has 0 bridgehead atoms. The van der Waals surface area contributed by atoms with Gasteiger partial charge in [-0.1, -0.05) is 30.3 Å². The van der Waals surface area contributed by atoms with E-state index in [0.717, 1.165) is 33.5 Å². The molecule has 0 fully saturated rings. The molecule has 0 saturated heterocycles. The van der Waals surface area contributed by atoms with Crippen LogP contribution in [0.5, 0.6) is 5.75 Å². The van der Waals surface area contributed by atoms with Crippen LogP contribution in [0.25, 0.3) is 22.2 Å². The number of hydrogen-bond acceptors (Lipinski definition) is 4. The van der Waals surface area contributed by atoms with Crippen LogP contribution in [0, 0.1) is 0 Å². The van der Waals surface area contributed by atoms with E-state index in [0.29, 0.717) is 12.1 Å². The van der Waals surface area contributed by atoms with Crippen LogP contribution < -0.4 is 10.1 Å². The number of benzene rings is 2. The fraction of sp³-hybridized carbons (Fsp3) is 0.0870. The lowest BCUT2D eigenvalue weighted by atomic mass is 10.0. The van der Waals surface area contributed by atoms with Crippen LogP contribution in [0.1, 0.15) is 15.9 Å². The smallest absolute Gasteiger partial charge is 0.252 e. The normalized spacial score (nSPS) is 10.6. The molecule has 2 aromatic carbocycles. The summed E-state index contributed by atoms with van der Waals surface area (Å²) in [4.78, 5) is 21.7. The number of carbonyl (C=O) groups is 1. The zero-order valence-corrected chi connectivity index (χ0v) is 15.4. The number of pyridine rings is 2. The summed E-state index contributed by atoms with van der Waals surface area (Å²) >= 11 is 0. The monoisotopic (exact) mass is 369 g/mol. The Morgan fingerprint density at radius 1 is 1.00 bits per heavy atom. The zero-order chi connectivity index (χ0) is 19.3. The Balaban J connectivity index is 1.67. The number of hydrogen-bond donors (Lipinski definition) is 1. The van der Waals surface area contributed by atoms with Gasteiger partial charge in [0, 0.05) is 29.9 Å². The van der Waals surface area contributed by atoms with Gasteiger partial charge in [0.2, 0.25) is 0 Å². The first kappa shape index (κ1) is 17.7. The van der Waals surface area contributed by atoms with Crippen molar-refractivity contribution in [2.24, 2.45) is 0 Å². The standard InChI is InChI=1S/C23H19N3O2/c1-28-18-6-4-5-16(13-18)15-25-23(27)20-14-22(17-9-11-24-12-10-17)26-21-8-3-2-7-19(20)21/h2-14H,15H2,1H3,(H,25,27). The molecular formula is C23H19N3O2. The van der Waals surface area contributed by atoms with Crippen LogP contribution in [0.2, 0.25) is 0 Å². The molecule has 0 radical (unpaired) electrons. The van der Waals surface area contributed by atoms with Gasteiger partial charge in [-0.05, 0) is 42.0 Å². The van der Waals surface area contributed by atoms with Crippen molar-refractivity contribution in [3.05, 3.63) is 90.3 Å². The molecule has 0 aliphatic carbocycles. The summed E-state index contributed by atoms with van der Waals surface area (Å²) in [5.41, 5.74) is 4.01. The molecule has 5 heteroatoms. The maximum Gasteiger partial charge on any atom is 0.252 e. The molecule has 0 unspecified atom stereocenters. The fourth-order valence-electron chi connectivity index (χ4n) is 3.09. The second-order valence-corrected chi connectivity index (χ2v) is 6.34. The number of ether oxygens (including phenoxy) is 1. The number of nitrogens with one attached hydrogen (secondary N) is 1. The van der Waals surface area contributed by atoms with E-state index in [9.17, 15) is 4.79 Å². The second-order valence-electron chi connectivity index (χ2n) is 6.34. The number of methoxy groups -OCH3 is 1. The van der Waals surface area contributed by atoms with E-state index in [4.69, 9.17) is 9.72 Å². The predicted octanol–water partition coefficient (Wildman–Crippen LogP) is 4.24. The Kier molecular flexibility index (Phi) is 4.97. The van der Waals surface area contributed by atoms with Gasteiger partial charge in [-0.3, -0.25) is 9.78 Å². The van der Waals surface area contributed by atoms with E-state index in [-0.39, 0.29) is 5.91 Å². The van der Waals surface area contributed by atoms with Crippen molar-refractivity contribution in [1.29, 1.82) is 0 Å². The first-order chi connectivity index (χ1) is 13.7. The summed E-state index contributed by atoms with van der Waals surface area (Å²) in [6, 6.07) is 20.9. The highest BCUT2D eigenvalue weighted by molar-refractivity contribution is 6.07.